The number of ether oxygens (including phenoxy) is 3. The van der Waals surface area contributed by atoms with Gasteiger partial charge in [-0.15, -0.1) is 11.3 Å². The molecule has 1 aromatic carbocycles. The molecule has 0 radical (unpaired) electrons. The molecule has 0 atom stereocenters. The van der Waals surface area contributed by atoms with Gasteiger partial charge in [-0.05, 0) is 12.1 Å². The molecule has 1 N–H and O–H groups in total. The van der Waals surface area contributed by atoms with Gasteiger partial charge in [-0.2, -0.15) is 0 Å². The predicted octanol–water partition coefficient (Wildman–Crippen LogP) is 1.69. The number of methoxy groups -OCH3 is 3. The molecule has 0 bridgehead atoms. The lowest BCUT2D eigenvalue weighted by Gasteiger charge is -2.12. The van der Waals surface area contributed by atoms with Gasteiger partial charge >= 0.3 is 0 Å². The van der Waals surface area contributed by atoms with Crippen molar-refractivity contribution in [3.05, 3.63) is 37.2 Å². The summed E-state index contributed by atoms with van der Waals surface area (Å²) in [6.45, 7) is 5.50. The molecule has 2 aromatic rings. The van der Waals surface area contributed by atoms with E-state index in [0.29, 0.717) is 32.0 Å². The average Bonchev–Trinajstić information content (AvgIpc) is 2.92. The van der Waals surface area contributed by atoms with Crippen molar-refractivity contribution in [3.8, 4) is 17.2 Å². The third-order valence-electron chi connectivity index (χ3n) is 3.70. The minimum Gasteiger partial charge on any atom is -0.496 e. The molecular weight excluding hydrogens is 354 g/mol. The predicted molar refractivity (Wildman–Crippen MR) is 103 cm³/mol. The Morgan fingerprint density at radius 3 is 2.15 bits per heavy atom. The first-order valence-corrected chi connectivity index (χ1v) is 8.78. The van der Waals surface area contributed by atoms with Crippen LogP contribution in [0.5, 0.6) is 17.2 Å². The molecule has 2 rings (SSSR count). The number of hydrogen-bond donors (Lipinski definition) is 1. The van der Waals surface area contributed by atoms with E-state index in [1.165, 1.54) is 24.5 Å². The zero-order chi connectivity index (χ0) is 19.5. The van der Waals surface area contributed by atoms with Crippen LogP contribution in [-0.2, 0) is 4.79 Å². The fraction of sp³-hybridized carbons (Fsp3) is 0.368. The van der Waals surface area contributed by atoms with Crippen LogP contribution in [0.3, 0.4) is 0 Å². The Balaban J connectivity index is 2.60. The van der Waals surface area contributed by atoms with Crippen LogP contribution in [0.4, 0.5) is 0 Å². The van der Waals surface area contributed by atoms with Crippen LogP contribution in [0.15, 0.2) is 16.9 Å². The monoisotopic (exact) mass is 377 g/mol. The van der Waals surface area contributed by atoms with Gasteiger partial charge in [0.05, 0.1) is 30.5 Å². The van der Waals surface area contributed by atoms with Crippen LogP contribution in [0.1, 0.15) is 26.3 Å². The highest BCUT2D eigenvalue weighted by atomic mass is 32.1. The van der Waals surface area contributed by atoms with Crippen LogP contribution in [0, 0.1) is 5.41 Å². The number of carbonyl (C=O) groups excluding carboxylic acids is 1. The van der Waals surface area contributed by atoms with Gasteiger partial charge in [0.1, 0.15) is 5.75 Å². The van der Waals surface area contributed by atoms with E-state index in [1.54, 1.807) is 32.4 Å². The number of hydrogen-bond acceptors (Lipinski definition) is 6. The molecule has 1 heterocycles. The number of benzene rings is 1. The smallest absolute Gasteiger partial charge is 0.266 e. The standard InChI is InChI=1S/C19H23NO5S/c1-19(2,3)16(21)10-17-20-18(22)15(26-17)8-11-7-13(24-5)14(25-6)9-12(11)23-4/h7-10H,1-6H3,(H,20,22)/b15-8+,17-10-. The van der Waals surface area contributed by atoms with E-state index in [1.807, 2.05) is 20.8 Å². The molecule has 6 nitrogen and oxygen atoms in total. The maximum atomic E-state index is 12.2. The van der Waals surface area contributed by atoms with E-state index in [0.717, 1.165) is 0 Å². The number of Topliss-reactive ketones (excluding diaryl/α,β-unsaturated/α-hetero) is 1. The highest BCUT2D eigenvalue weighted by Crippen LogP contribution is 2.34. The maximum absolute atomic E-state index is 12.2. The number of rotatable bonds is 5. The summed E-state index contributed by atoms with van der Waals surface area (Å²) in [4.78, 5) is 27.1. The van der Waals surface area contributed by atoms with Crippen LogP contribution >= 0.6 is 11.3 Å². The summed E-state index contributed by atoms with van der Waals surface area (Å²) in [5.74, 6) is 1.56. The number of H-pyrrole nitrogens is 1. The molecule has 26 heavy (non-hydrogen) atoms. The quantitative estimate of drug-likeness (QED) is 0.858. The van der Waals surface area contributed by atoms with E-state index >= 15 is 0 Å². The second-order valence-corrected chi connectivity index (χ2v) is 7.72. The van der Waals surface area contributed by atoms with E-state index in [2.05, 4.69) is 4.98 Å². The summed E-state index contributed by atoms with van der Waals surface area (Å²) in [7, 11) is 4.62. The van der Waals surface area contributed by atoms with Gasteiger partial charge in [-0.1, -0.05) is 20.8 Å². The lowest BCUT2D eigenvalue weighted by Crippen LogP contribution is -2.22. The van der Waals surface area contributed by atoms with Gasteiger partial charge in [0.15, 0.2) is 17.3 Å². The fourth-order valence-electron chi connectivity index (χ4n) is 2.17. The van der Waals surface area contributed by atoms with Gasteiger partial charge < -0.3 is 19.2 Å². The zero-order valence-corrected chi connectivity index (χ0v) is 16.6. The second kappa shape index (κ2) is 7.78. The van der Waals surface area contributed by atoms with Gasteiger partial charge in [-0.3, -0.25) is 9.59 Å². The first kappa shape index (κ1) is 19.8. The van der Waals surface area contributed by atoms with Crippen molar-refractivity contribution in [2.45, 2.75) is 20.8 Å². The summed E-state index contributed by atoms with van der Waals surface area (Å²) in [6, 6.07) is 3.43. The molecule has 140 valence electrons. The molecular formula is C19H23NO5S. The number of ketones is 1. The summed E-state index contributed by atoms with van der Waals surface area (Å²) >= 11 is 1.21. The molecule has 0 spiro atoms. The molecule has 7 heteroatoms. The van der Waals surface area contributed by atoms with Crippen molar-refractivity contribution in [2.75, 3.05) is 21.3 Å². The van der Waals surface area contributed by atoms with Crippen molar-refractivity contribution in [1.29, 1.82) is 0 Å². The van der Waals surface area contributed by atoms with E-state index in [9.17, 15) is 9.59 Å². The Bertz CT molecular complexity index is 979. The van der Waals surface area contributed by atoms with Crippen molar-refractivity contribution in [1.82, 2.24) is 4.98 Å². The van der Waals surface area contributed by atoms with Crippen molar-refractivity contribution >= 4 is 29.3 Å². The summed E-state index contributed by atoms with van der Waals surface area (Å²) in [6.07, 6.45) is 3.17. The van der Waals surface area contributed by atoms with Crippen LogP contribution in [0.2, 0.25) is 0 Å². The number of carbonyl (C=O) groups is 1. The highest BCUT2D eigenvalue weighted by Gasteiger charge is 2.18. The number of aromatic nitrogens is 1. The first-order chi connectivity index (χ1) is 12.2. The van der Waals surface area contributed by atoms with E-state index in [4.69, 9.17) is 14.2 Å². The van der Waals surface area contributed by atoms with E-state index in [-0.39, 0.29) is 11.3 Å². The molecule has 0 fully saturated rings. The first-order valence-electron chi connectivity index (χ1n) is 7.96. The van der Waals surface area contributed by atoms with Crippen LogP contribution in [-0.4, -0.2) is 32.1 Å². The van der Waals surface area contributed by atoms with Gasteiger partial charge in [0.2, 0.25) is 0 Å². The molecule has 1 aromatic heterocycles. The molecule has 0 unspecified atom stereocenters. The molecule has 0 saturated carbocycles. The number of aromatic amines is 1. The Morgan fingerprint density at radius 1 is 1.04 bits per heavy atom. The van der Waals surface area contributed by atoms with Crippen LogP contribution in [0.25, 0.3) is 12.2 Å². The largest absolute Gasteiger partial charge is 0.496 e. The Hall–Kier alpha value is -2.54. The van der Waals surface area contributed by atoms with Crippen molar-refractivity contribution in [3.63, 3.8) is 0 Å². The van der Waals surface area contributed by atoms with Crippen molar-refractivity contribution in [2.24, 2.45) is 5.41 Å². The van der Waals surface area contributed by atoms with Gasteiger partial charge in [0.25, 0.3) is 5.56 Å². The van der Waals surface area contributed by atoms with Crippen LogP contribution < -0.4 is 29.0 Å². The molecule has 0 amide bonds. The maximum Gasteiger partial charge on any atom is 0.266 e. The third-order valence-corrected chi connectivity index (χ3v) is 4.67. The minimum absolute atomic E-state index is 0.0507. The second-order valence-electron chi connectivity index (χ2n) is 6.64. The minimum atomic E-state index is -0.503. The molecule has 0 aliphatic heterocycles. The Labute approximate surface area is 155 Å². The van der Waals surface area contributed by atoms with E-state index < -0.39 is 5.41 Å². The molecule has 0 aliphatic rings. The molecule has 0 aliphatic carbocycles. The number of nitrogens with one attached hydrogen (secondary N) is 1. The summed E-state index contributed by atoms with van der Waals surface area (Å²) in [5, 5.41) is 0. The van der Waals surface area contributed by atoms with Crippen molar-refractivity contribution < 1.29 is 19.0 Å². The normalized spacial score (nSPS) is 13.0. The SMILES string of the molecule is COc1cc(OC)c(OC)cc1/C=c1/s/c(=C\C(=O)C(C)(C)C)[nH]c1=O. The van der Waals surface area contributed by atoms with Gasteiger partial charge in [0, 0.05) is 23.1 Å². The number of thiazole rings is 1. The van der Waals surface area contributed by atoms with Gasteiger partial charge in [-0.25, -0.2) is 0 Å². The summed E-state index contributed by atoms with van der Waals surface area (Å²) < 4.78 is 16.9. The highest BCUT2D eigenvalue weighted by molar-refractivity contribution is 7.07. The zero-order valence-electron chi connectivity index (χ0n) is 15.8. The third kappa shape index (κ3) is 4.35. The Morgan fingerprint density at radius 2 is 1.62 bits per heavy atom. The topological polar surface area (TPSA) is 77.6 Å². The lowest BCUT2D eigenvalue weighted by atomic mass is 9.91. The fourth-order valence-corrected chi connectivity index (χ4v) is 3.04. The Kier molecular flexibility index (Phi) is 5.92. The summed E-state index contributed by atoms with van der Waals surface area (Å²) in [5.41, 5.74) is -0.0943. The average molecular weight is 377 g/mol. The molecule has 0 saturated heterocycles. The lowest BCUT2D eigenvalue weighted by molar-refractivity contribution is -0.119.